The highest BCUT2D eigenvalue weighted by Crippen LogP contribution is 2.36. The molecule has 1 unspecified atom stereocenters. The first-order chi connectivity index (χ1) is 21.6. The smallest absolute Gasteiger partial charge is 0.235 e. The van der Waals surface area contributed by atoms with Gasteiger partial charge in [0.15, 0.2) is 5.82 Å². The Balaban J connectivity index is 1.10. The summed E-state index contributed by atoms with van der Waals surface area (Å²) in [5.74, 6) is 0.217. The molecule has 5 heterocycles. The predicted molar refractivity (Wildman–Crippen MR) is 173 cm³/mol. The Morgan fingerprint density at radius 1 is 1.02 bits per heavy atom. The second-order valence-electron chi connectivity index (χ2n) is 12.2. The fourth-order valence-electron chi connectivity index (χ4n) is 6.92. The molecule has 2 aromatic carbocycles. The molecule has 13 heteroatoms. The molecule has 2 N–H and O–H groups in total. The average Bonchev–Trinajstić information content (AvgIpc) is 3.47. The number of fused-ring (bicyclic) bond motifs is 2. The molecule has 12 nitrogen and oxygen atoms in total. The Bertz CT molecular complexity index is 1860. The van der Waals surface area contributed by atoms with Crippen molar-refractivity contribution in [1.82, 2.24) is 25.1 Å². The van der Waals surface area contributed by atoms with Crippen LogP contribution < -0.4 is 25.3 Å². The van der Waals surface area contributed by atoms with Crippen molar-refractivity contribution in [3.05, 3.63) is 58.9 Å². The number of hydrogen-bond acceptors (Lipinski definition) is 9. The summed E-state index contributed by atoms with van der Waals surface area (Å²) in [6.07, 6.45) is 2.77. The zero-order valence-electron chi connectivity index (χ0n) is 25.5. The number of amides is 3. The lowest BCUT2D eigenvalue weighted by Gasteiger charge is -2.46. The molecule has 3 atom stereocenters. The summed E-state index contributed by atoms with van der Waals surface area (Å²) >= 11 is 6.51. The number of nitrogens with one attached hydrogen (secondary N) is 2. The molecule has 2 aromatic heterocycles. The molecule has 45 heavy (non-hydrogen) atoms. The number of imide groups is 1. The monoisotopic (exact) mass is 627 g/mol. The highest BCUT2D eigenvalue weighted by atomic mass is 35.5. The second-order valence-corrected chi connectivity index (χ2v) is 12.6. The maximum atomic E-state index is 12.6. The van der Waals surface area contributed by atoms with Crippen LogP contribution in [0, 0.1) is 0 Å². The van der Waals surface area contributed by atoms with Gasteiger partial charge in [0, 0.05) is 68.1 Å². The molecule has 0 aliphatic carbocycles. The van der Waals surface area contributed by atoms with Crippen LogP contribution in [0.4, 0.5) is 28.8 Å². The Morgan fingerprint density at radius 2 is 1.80 bits per heavy atom. The van der Waals surface area contributed by atoms with E-state index in [4.69, 9.17) is 21.7 Å². The van der Waals surface area contributed by atoms with E-state index in [0.717, 1.165) is 33.5 Å². The van der Waals surface area contributed by atoms with Crippen molar-refractivity contribution in [2.45, 2.75) is 51.1 Å². The summed E-state index contributed by atoms with van der Waals surface area (Å²) in [7, 11) is 3.67. The Labute approximate surface area is 265 Å². The number of nitrogens with zero attached hydrogens (tertiary/aromatic N) is 7. The average molecular weight is 628 g/mol. The summed E-state index contributed by atoms with van der Waals surface area (Å²) in [4.78, 5) is 52.0. The first-order valence-corrected chi connectivity index (χ1v) is 15.5. The summed E-state index contributed by atoms with van der Waals surface area (Å²) in [6, 6.07) is 12.3. The zero-order chi connectivity index (χ0) is 31.6. The molecular weight excluding hydrogens is 594 g/mol. The molecule has 3 aliphatic heterocycles. The van der Waals surface area contributed by atoms with E-state index in [1.807, 2.05) is 36.0 Å². The van der Waals surface area contributed by atoms with Crippen molar-refractivity contribution in [3.63, 3.8) is 0 Å². The van der Waals surface area contributed by atoms with Crippen LogP contribution in [0.5, 0.6) is 0 Å². The number of carbonyl (C=O) groups excluding carboxylic acids is 3. The third kappa shape index (κ3) is 5.12. The summed E-state index contributed by atoms with van der Waals surface area (Å²) in [5, 5.41) is 11.8. The van der Waals surface area contributed by atoms with E-state index < -0.39 is 5.92 Å². The van der Waals surface area contributed by atoms with Crippen LogP contribution in [-0.4, -0.2) is 69.7 Å². The van der Waals surface area contributed by atoms with Gasteiger partial charge in [-0.2, -0.15) is 10.1 Å². The fourth-order valence-corrected chi connectivity index (χ4v) is 7.06. The van der Waals surface area contributed by atoms with Gasteiger partial charge in [-0.1, -0.05) is 11.6 Å². The number of halogens is 1. The number of aromatic nitrogens is 4. The number of piperidine rings is 1. The Kier molecular flexibility index (Phi) is 7.11. The zero-order valence-corrected chi connectivity index (χ0v) is 26.3. The van der Waals surface area contributed by atoms with Gasteiger partial charge in [-0.3, -0.25) is 24.4 Å². The molecule has 2 saturated heterocycles. The molecule has 0 saturated carbocycles. The van der Waals surface area contributed by atoms with Gasteiger partial charge in [-0.25, -0.2) is 4.98 Å². The number of carbonyl (C=O) groups is 3. The lowest BCUT2D eigenvalue weighted by molar-refractivity contribution is -0.134. The number of anilines is 5. The van der Waals surface area contributed by atoms with Crippen LogP contribution in [0.25, 0.3) is 10.9 Å². The molecule has 4 aromatic rings. The molecule has 0 spiro atoms. The highest BCUT2D eigenvalue weighted by molar-refractivity contribution is 6.33. The minimum Gasteiger partial charge on any atom is -0.362 e. The summed E-state index contributed by atoms with van der Waals surface area (Å²) in [6.45, 7) is 5.76. The first-order valence-electron chi connectivity index (χ1n) is 15.1. The van der Waals surface area contributed by atoms with Gasteiger partial charge in [0.25, 0.3) is 0 Å². The largest absolute Gasteiger partial charge is 0.362 e. The Morgan fingerprint density at radius 3 is 2.56 bits per heavy atom. The van der Waals surface area contributed by atoms with E-state index >= 15 is 0 Å². The number of hydrogen-bond donors (Lipinski definition) is 2. The molecule has 232 valence electrons. The van der Waals surface area contributed by atoms with E-state index in [0.29, 0.717) is 54.8 Å². The molecule has 7 rings (SSSR count). The fraction of sp³-hybridized carbons (Fsp3) is 0.375. The number of aryl methyl sites for hydroxylation is 1. The number of benzene rings is 2. The van der Waals surface area contributed by atoms with Crippen LogP contribution in [0.2, 0.25) is 5.02 Å². The number of likely N-dealkylation sites (N-methyl/N-ethyl adjacent to an activating group) is 1. The van der Waals surface area contributed by atoms with Crippen LogP contribution in [-0.2, 0) is 27.9 Å². The minimum absolute atomic E-state index is 0.0732. The standard InChI is InChI=1S/C32H34ClN9O3/c1-17-15-41(32-34-14-24(33)30(37-32)35-20-5-9-25-19(11-20)12-28(44)39(25)3)16-18(2)42(17)21-6-7-22-26(13-21)40(4)38-29(22)23-8-10-27(43)36-31(23)45/h5-7,9,11,13-14,17-18,23H,8,10,12,15-16H2,1-4H3,(H,34,35,37)(H,36,43,45)/t17-,18-,23?/m0/s1. The molecule has 3 aliphatic rings. The summed E-state index contributed by atoms with van der Waals surface area (Å²) in [5.41, 5.74) is 5.40. The second kappa shape index (κ2) is 11.0. The third-order valence-electron chi connectivity index (χ3n) is 9.08. The lowest BCUT2D eigenvalue weighted by atomic mass is 9.92. The van der Waals surface area contributed by atoms with Crippen molar-refractivity contribution in [2.75, 3.05) is 40.2 Å². The van der Waals surface area contributed by atoms with E-state index in [1.165, 1.54) is 0 Å². The topological polar surface area (TPSA) is 129 Å². The van der Waals surface area contributed by atoms with Crippen LogP contribution >= 0.6 is 11.6 Å². The van der Waals surface area contributed by atoms with Gasteiger partial charge in [0.1, 0.15) is 5.02 Å². The third-order valence-corrected chi connectivity index (χ3v) is 9.36. The van der Waals surface area contributed by atoms with Gasteiger partial charge >= 0.3 is 0 Å². The van der Waals surface area contributed by atoms with Crippen LogP contribution in [0.1, 0.15) is 43.9 Å². The van der Waals surface area contributed by atoms with E-state index in [1.54, 1.807) is 18.1 Å². The molecule has 0 bridgehead atoms. The van der Waals surface area contributed by atoms with Crippen molar-refractivity contribution in [3.8, 4) is 0 Å². The van der Waals surface area contributed by atoms with Crippen molar-refractivity contribution >= 4 is 69.1 Å². The van der Waals surface area contributed by atoms with E-state index in [9.17, 15) is 14.4 Å². The van der Waals surface area contributed by atoms with Gasteiger partial charge in [-0.05, 0) is 62.2 Å². The van der Waals surface area contributed by atoms with Gasteiger partial charge in [0.2, 0.25) is 23.7 Å². The van der Waals surface area contributed by atoms with Crippen LogP contribution in [0.15, 0.2) is 42.6 Å². The van der Waals surface area contributed by atoms with Crippen LogP contribution in [0.3, 0.4) is 0 Å². The SMILES string of the molecule is C[C@H]1CN(c2ncc(Cl)c(Nc3ccc4c(c3)CC(=O)N4C)n2)C[C@H](C)N1c1ccc2c(C3CCC(=O)NC3=O)nn(C)c2c1. The van der Waals surface area contributed by atoms with Gasteiger partial charge < -0.3 is 20.0 Å². The maximum absolute atomic E-state index is 12.6. The van der Waals surface area contributed by atoms with Crippen molar-refractivity contribution in [2.24, 2.45) is 7.05 Å². The molecule has 2 fully saturated rings. The highest BCUT2D eigenvalue weighted by Gasteiger charge is 2.34. The Hall–Kier alpha value is -4.71. The van der Waals surface area contributed by atoms with E-state index in [-0.39, 0.29) is 29.8 Å². The maximum Gasteiger partial charge on any atom is 0.235 e. The van der Waals surface area contributed by atoms with E-state index in [2.05, 4.69) is 51.4 Å². The van der Waals surface area contributed by atoms with Crippen molar-refractivity contribution in [1.29, 1.82) is 0 Å². The van der Waals surface area contributed by atoms with Crippen molar-refractivity contribution < 1.29 is 14.4 Å². The quantitative estimate of drug-likeness (QED) is 0.317. The molecular formula is C32H34ClN9O3. The minimum atomic E-state index is -0.439. The first kappa shape index (κ1) is 29.0. The normalized spacial score (nSPS) is 21.8. The summed E-state index contributed by atoms with van der Waals surface area (Å²) < 4.78 is 1.82. The number of rotatable bonds is 5. The lowest BCUT2D eigenvalue weighted by Crippen LogP contribution is -2.57. The van der Waals surface area contributed by atoms with Gasteiger partial charge in [0.05, 0.1) is 29.7 Å². The molecule has 3 amide bonds. The predicted octanol–water partition coefficient (Wildman–Crippen LogP) is 3.90. The van der Waals surface area contributed by atoms with Gasteiger partial charge in [-0.15, -0.1) is 0 Å². The number of piperazine rings is 1. The molecule has 0 radical (unpaired) electrons.